The normalized spacial score (nSPS) is 13.1. The van der Waals surface area contributed by atoms with Crippen LogP contribution in [-0.4, -0.2) is 78.8 Å². The van der Waals surface area contributed by atoms with Crippen molar-refractivity contribution < 1.29 is 47.7 Å². The first-order valence-electron chi connectivity index (χ1n) is 18.9. The predicted molar refractivity (Wildman–Crippen MR) is 211 cm³/mol. The van der Waals surface area contributed by atoms with Crippen molar-refractivity contribution in [2.75, 3.05) is 13.2 Å². The van der Waals surface area contributed by atoms with Gasteiger partial charge in [-0.15, -0.1) is 0 Å². The maximum Gasteiger partial charge on any atom is 0.408 e. The van der Waals surface area contributed by atoms with Crippen molar-refractivity contribution in [3.05, 3.63) is 108 Å². The third-order valence-corrected chi connectivity index (χ3v) is 8.13. The van der Waals surface area contributed by atoms with Gasteiger partial charge in [-0.05, 0) is 70.6 Å². The topological polar surface area (TPSA) is 199 Å². The number of hydrogen-bond acceptors (Lipinski definition) is 10. The number of carbonyl (C=O) groups is 6. The van der Waals surface area contributed by atoms with Gasteiger partial charge in [0.05, 0.1) is 13.2 Å². The highest BCUT2D eigenvalue weighted by Crippen LogP contribution is 2.09. The third-order valence-electron chi connectivity index (χ3n) is 8.13. The summed E-state index contributed by atoms with van der Waals surface area (Å²) >= 11 is 0. The molecule has 0 aliphatic rings. The molecule has 0 unspecified atom stereocenters. The number of carbonyl (C=O) groups excluding carboxylic acids is 6. The third kappa shape index (κ3) is 18.5. The summed E-state index contributed by atoms with van der Waals surface area (Å²) in [5.41, 5.74) is 1.63. The van der Waals surface area contributed by atoms with Gasteiger partial charge in [0.2, 0.25) is 17.7 Å². The van der Waals surface area contributed by atoms with E-state index < -0.39 is 65.6 Å². The molecule has 0 aliphatic carbocycles. The number of unbranched alkanes of at least 4 members (excludes halogenated alkanes) is 1. The summed E-state index contributed by atoms with van der Waals surface area (Å²) < 4.78 is 21.6. The van der Waals surface area contributed by atoms with Crippen LogP contribution in [0.25, 0.3) is 0 Å². The fourth-order valence-corrected chi connectivity index (χ4v) is 5.11. The lowest BCUT2D eigenvalue weighted by Crippen LogP contribution is -2.57. The van der Waals surface area contributed by atoms with Gasteiger partial charge in [-0.2, -0.15) is 0 Å². The molecule has 0 radical (unpaired) electrons. The Hall–Kier alpha value is -5.96. The second-order valence-electron chi connectivity index (χ2n) is 14.3. The Balaban J connectivity index is 1.60. The molecule has 0 heterocycles. The Morgan fingerprint density at radius 1 is 0.561 bits per heavy atom. The Bertz CT molecular complexity index is 1720. The van der Waals surface area contributed by atoms with Crippen LogP contribution in [0.4, 0.5) is 9.59 Å². The first-order valence-corrected chi connectivity index (χ1v) is 18.9. The minimum absolute atomic E-state index is 0.0130. The smallest absolute Gasteiger partial charge is 0.408 e. The number of ether oxygens (including phenoxy) is 4. The van der Waals surface area contributed by atoms with Crippen LogP contribution in [0.5, 0.6) is 0 Å². The summed E-state index contributed by atoms with van der Waals surface area (Å²) in [5, 5.41) is 13.0. The number of rotatable bonds is 21. The minimum atomic E-state index is -1.23. The van der Waals surface area contributed by atoms with Gasteiger partial charge in [0.25, 0.3) is 0 Å². The molecule has 3 aromatic rings. The SMILES string of the molecule is C[C@@H](NC(=O)[C@H](COCc1ccccc1)NC(=O)OC(C)(C)C)C(=O)N[C@@H](CCCCNC(=O)OCc1ccccc1)C(=O)N[C@H](C)C(=O)OCc1ccccc1. The largest absolute Gasteiger partial charge is 0.459 e. The maximum atomic E-state index is 13.5. The summed E-state index contributed by atoms with van der Waals surface area (Å²) in [4.78, 5) is 77.9. The fourth-order valence-electron chi connectivity index (χ4n) is 5.11. The zero-order valence-electron chi connectivity index (χ0n) is 33.2. The zero-order chi connectivity index (χ0) is 41.6. The molecule has 3 rings (SSSR count). The molecular formula is C42H55N5O10. The molecular weight excluding hydrogens is 734 g/mol. The van der Waals surface area contributed by atoms with E-state index in [1.165, 1.54) is 13.8 Å². The molecule has 0 bridgehead atoms. The number of esters is 1. The van der Waals surface area contributed by atoms with Crippen LogP contribution in [0.2, 0.25) is 0 Å². The molecule has 0 aliphatic heterocycles. The average Bonchev–Trinajstić information content (AvgIpc) is 3.18. The standard InChI is InChI=1S/C42H55N5O10/c1-29(44-38(50)35(47-41(53)57-42(3,4)5)28-54-25-31-17-9-6-10-18-31)36(48)46-34(23-15-16-24-43-40(52)56-27-33-21-13-8-14-22-33)37(49)45-30(2)39(51)55-26-32-19-11-7-12-20-32/h6-14,17-22,29-30,34-35H,15-16,23-28H2,1-5H3,(H,43,52)(H,44,50)(H,45,49)(H,46,48)(H,47,53)/t29-,30-,34+,35+/m1/s1. The predicted octanol–water partition coefficient (Wildman–Crippen LogP) is 4.43. The second kappa shape index (κ2) is 23.8. The Morgan fingerprint density at radius 3 is 1.63 bits per heavy atom. The van der Waals surface area contributed by atoms with Crippen LogP contribution in [0.1, 0.15) is 70.6 Å². The van der Waals surface area contributed by atoms with Crippen LogP contribution in [0.15, 0.2) is 91.0 Å². The Morgan fingerprint density at radius 2 is 1.07 bits per heavy atom. The quantitative estimate of drug-likeness (QED) is 0.0585. The molecule has 15 heteroatoms. The Kier molecular flexibility index (Phi) is 19.0. The molecule has 4 atom stereocenters. The molecule has 0 saturated carbocycles. The lowest BCUT2D eigenvalue weighted by molar-refractivity contribution is -0.148. The van der Waals surface area contributed by atoms with Gasteiger partial charge in [0.1, 0.15) is 43.0 Å². The van der Waals surface area contributed by atoms with Gasteiger partial charge in [-0.25, -0.2) is 14.4 Å². The molecule has 0 aromatic heterocycles. The van der Waals surface area contributed by atoms with E-state index in [1.807, 2.05) is 78.9 Å². The summed E-state index contributed by atoms with van der Waals surface area (Å²) in [7, 11) is 0. The molecule has 3 aromatic carbocycles. The van der Waals surface area contributed by atoms with E-state index in [1.54, 1.807) is 32.9 Å². The van der Waals surface area contributed by atoms with Crippen LogP contribution in [-0.2, 0) is 57.9 Å². The van der Waals surface area contributed by atoms with Crippen LogP contribution in [0, 0.1) is 0 Å². The first-order chi connectivity index (χ1) is 27.2. The highest BCUT2D eigenvalue weighted by Gasteiger charge is 2.30. The highest BCUT2D eigenvalue weighted by molar-refractivity contribution is 5.94. The van der Waals surface area contributed by atoms with Gasteiger partial charge in [-0.1, -0.05) is 91.0 Å². The van der Waals surface area contributed by atoms with E-state index in [0.717, 1.165) is 16.7 Å². The van der Waals surface area contributed by atoms with E-state index in [-0.39, 0.29) is 39.4 Å². The fraction of sp³-hybridized carbons (Fsp3) is 0.429. The number of nitrogens with one attached hydrogen (secondary N) is 5. The molecule has 15 nitrogen and oxygen atoms in total. The summed E-state index contributed by atoms with van der Waals surface area (Å²) in [5.74, 6) is -2.75. The van der Waals surface area contributed by atoms with Crippen molar-refractivity contribution in [3.63, 3.8) is 0 Å². The first kappa shape index (κ1) is 45.4. The Labute approximate surface area is 333 Å². The molecule has 0 spiro atoms. The number of benzene rings is 3. The van der Waals surface area contributed by atoms with Crippen molar-refractivity contribution >= 4 is 35.9 Å². The summed E-state index contributed by atoms with van der Waals surface area (Å²) in [6.45, 7) is 8.22. The van der Waals surface area contributed by atoms with E-state index in [0.29, 0.717) is 12.8 Å². The zero-order valence-corrected chi connectivity index (χ0v) is 33.2. The van der Waals surface area contributed by atoms with Crippen molar-refractivity contribution in [1.82, 2.24) is 26.6 Å². The molecule has 0 fully saturated rings. The van der Waals surface area contributed by atoms with E-state index >= 15 is 0 Å². The average molecular weight is 790 g/mol. The molecule has 308 valence electrons. The van der Waals surface area contributed by atoms with Crippen molar-refractivity contribution in [2.24, 2.45) is 0 Å². The number of hydrogen-bond donors (Lipinski definition) is 5. The summed E-state index contributed by atoms with van der Waals surface area (Å²) in [6, 6.07) is 22.9. The lowest BCUT2D eigenvalue weighted by atomic mass is 10.1. The number of alkyl carbamates (subject to hydrolysis) is 2. The van der Waals surface area contributed by atoms with Gasteiger partial charge < -0.3 is 45.5 Å². The monoisotopic (exact) mass is 789 g/mol. The maximum absolute atomic E-state index is 13.5. The molecule has 0 saturated heterocycles. The van der Waals surface area contributed by atoms with E-state index in [2.05, 4.69) is 26.6 Å². The number of amides is 5. The van der Waals surface area contributed by atoms with Crippen molar-refractivity contribution in [3.8, 4) is 0 Å². The van der Waals surface area contributed by atoms with Crippen LogP contribution < -0.4 is 26.6 Å². The van der Waals surface area contributed by atoms with Crippen LogP contribution >= 0.6 is 0 Å². The van der Waals surface area contributed by atoms with Gasteiger partial charge in [-0.3, -0.25) is 14.4 Å². The lowest BCUT2D eigenvalue weighted by Gasteiger charge is -2.25. The molecule has 57 heavy (non-hydrogen) atoms. The van der Waals surface area contributed by atoms with Gasteiger partial charge >= 0.3 is 18.2 Å². The molecule has 5 N–H and O–H groups in total. The van der Waals surface area contributed by atoms with Gasteiger partial charge in [0.15, 0.2) is 0 Å². The second-order valence-corrected chi connectivity index (χ2v) is 14.3. The van der Waals surface area contributed by atoms with Gasteiger partial charge in [0, 0.05) is 6.54 Å². The minimum Gasteiger partial charge on any atom is -0.459 e. The van der Waals surface area contributed by atoms with E-state index in [4.69, 9.17) is 18.9 Å². The van der Waals surface area contributed by atoms with Crippen molar-refractivity contribution in [1.29, 1.82) is 0 Å². The van der Waals surface area contributed by atoms with Crippen LogP contribution in [0.3, 0.4) is 0 Å². The van der Waals surface area contributed by atoms with Crippen molar-refractivity contribution in [2.45, 2.75) is 103 Å². The highest BCUT2D eigenvalue weighted by atomic mass is 16.6. The molecule has 5 amide bonds. The van der Waals surface area contributed by atoms with E-state index in [9.17, 15) is 28.8 Å². The summed E-state index contributed by atoms with van der Waals surface area (Å²) in [6.07, 6.45) is -0.511.